The molecule has 0 N–H and O–H groups in total. The maximum atomic E-state index is 12.4. The van der Waals surface area contributed by atoms with Gasteiger partial charge in [0, 0.05) is 19.2 Å². The second-order valence-electron chi connectivity index (χ2n) is 6.94. The first-order chi connectivity index (χ1) is 13.5. The van der Waals surface area contributed by atoms with Crippen molar-refractivity contribution in [1.82, 2.24) is 9.80 Å². The molecule has 6 nitrogen and oxygen atoms in total. The predicted octanol–water partition coefficient (Wildman–Crippen LogP) is 2.86. The van der Waals surface area contributed by atoms with E-state index in [0.717, 1.165) is 43.0 Å². The van der Waals surface area contributed by atoms with Gasteiger partial charge in [-0.25, -0.2) is 0 Å². The van der Waals surface area contributed by atoms with Crippen LogP contribution < -0.4 is 9.47 Å². The molecule has 0 saturated heterocycles. The van der Waals surface area contributed by atoms with Crippen LogP contribution in [0.1, 0.15) is 32.7 Å². The number of fused-ring (bicyclic) bond motifs is 1. The van der Waals surface area contributed by atoms with Gasteiger partial charge in [0.15, 0.2) is 0 Å². The molecule has 28 heavy (non-hydrogen) atoms. The summed E-state index contributed by atoms with van der Waals surface area (Å²) in [7, 11) is 5.33. The van der Waals surface area contributed by atoms with E-state index in [-0.39, 0.29) is 11.8 Å². The Balaban J connectivity index is 1.47. The molecule has 0 atom stereocenters. The largest absolute Gasteiger partial charge is 0.497 e. The smallest absolute Gasteiger partial charge is 0.261 e. The number of likely N-dealkylation sites (N-methyl/N-ethyl adjacent to an activating group) is 1. The Morgan fingerprint density at radius 2 is 1.46 bits per heavy atom. The fourth-order valence-corrected chi connectivity index (χ4v) is 3.38. The highest BCUT2D eigenvalue weighted by atomic mass is 16.5. The quantitative estimate of drug-likeness (QED) is 0.624. The number of ether oxygens (including phenoxy) is 2. The van der Waals surface area contributed by atoms with Gasteiger partial charge < -0.3 is 14.4 Å². The van der Waals surface area contributed by atoms with E-state index < -0.39 is 0 Å². The van der Waals surface area contributed by atoms with Crippen molar-refractivity contribution in [2.75, 3.05) is 40.9 Å². The van der Waals surface area contributed by atoms with Crippen LogP contribution in [-0.4, -0.2) is 62.5 Å². The summed E-state index contributed by atoms with van der Waals surface area (Å²) in [5.74, 6) is 1.18. The summed E-state index contributed by atoms with van der Waals surface area (Å²) in [4.78, 5) is 28.3. The predicted molar refractivity (Wildman–Crippen MR) is 107 cm³/mol. The van der Waals surface area contributed by atoms with Gasteiger partial charge in [-0.15, -0.1) is 0 Å². The minimum atomic E-state index is -0.188. The maximum Gasteiger partial charge on any atom is 0.261 e. The van der Waals surface area contributed by atoms with Crippen molar-refractivity contribution in [3.63, 3.8) is 0 Å². The zero-order chi connectivity index (χ0) is 20.1. The Kier molecular flexibility index (Phi) is 6.31. The lowest BCUT2D eigenvalue weighted by Gasteiger charge is -2.19. The molecule has 1 heterocycles. The van der Waals surface area contributed by atoms with Crippen molar-refractivity contribution in [2.45, 2.75) is 12.8 Å². The van der Waals surface area contributed by atoms with Crippen LogP contribution in [0.3, 0.4) is 0 Å². The van der Waals surface area contributed by atoms with Crippen LogP contribution in [0.25, 0.3) is 0 Å². The van der Waals surface area contributed by atoms with E-state index >= 15 is 0 Å². The van der Waals surface area contributed by atoms with Crippen LogP contribution in [0, 0.1) is 0 Å². The number of imide groups is 1. The molecule has 0 unspecified atom stereocenters. The number of methoxy groups -OCH3 is 2. The lowest BCUT2D eigenvalue weighted by atomic mass is 10.1. The SMILES string of the molecule is COc1cc(CCN(C)CCCN2C(=O)c3ccccc3C2=O)cc(OC)c1. The molecule has 0 bridgehead atoms. The molecule has 148 valence electrons. The molecule has 2 amide bonds. The Morgan fingerprint density at radius 3 is 2.00 bits per heavy atom. The first kappa shape index (κ1) is 19.9. The molecule has 2 aromatic carbocycles. The lowest BCUT2D eigenvalue weighted by Crippen LogP contribution is -2.33. The van der Waals surface area contributed by atoms with Crippen molar-refractivity contribution < 1.29 is 19.1 Å². The van der Waals surface area contributed by atoms with E-state index in [1.165, 1.54) is 4.90 Å². The highest BCUT2D eigenvalue weighted by Gasteiger charge is 2.34. The second-order valence-corrected chi connectivity index (χ2v) is 6.94. The summed E-state index contributed by atoms with van der Waals surface area (Å²) in [6, 6.07) is 12.9. The number of carbonyl (C=O) groups is 2. The average Bonchev–Trinajstić information content (AvgIpc) is 2.97. The molecule has 2 aromatic rings. The Hall–Kier alpha value is -2.86. The zero-order valence-corrected chi connectivity index (χ0v) is 16.6. The molecular weight excluding hydrogens is 356 g/mol. The topological polar surface area (TPSA) is 59.1 Å². The van der Waals surface area contributed by atoms with Gasteiger partial charge in [-0.05, 0) is 56.3 Å². The van der Waals surface area contributed by atoms with E-state index in [1.807, 2.05) is 25.2 Å². The molecule has 6 heteroatoms. The first-order valence-electron chi connectivity index (χ1n) is 9.39. The zero-order valence-electron chi connectivity index (χ0n) is 16.6. The third-order valence-corrected chi connectivity index (χ3v) is 4.99. The van der Waals surface area contributed by atoms with E-state index in [0.29, 0.717) is 17.7 Å². The molecule has 0 radical (unpaired) electrons. The molecule has 0 fully saturated rings. The summed E-state index contributed by atoms with van der Waals surface area (Å²) in [6.45, 7) is 2.09. The van der Waals surface area contributed by atoms with Crippen molar-refractivity contribution in [2.24, 2.45) is 0 Å². The third-order valence-electron chi connectivity index (χ3n) is 4.99. The van der Waals surface area contributed by atoms with Crippen LogP contribution in [-0.2, 0) is 6.42 Å². The van der Waals surface area contributed by atoms with Crippen LogP contribution in [0.5, 0.6) is 11.5 Å². The number of hydrogen-bond acceptors (Lipinski definition) is 5. The van der Waals surface area contributed by atoms with Gasteiger partial charge in [-0.3, -0.25) is 14.5 Å². The minimum absolute atomic E-state index is 0.188. The van der Waals surface area contributed by atoms with Gasteiger partial charge in [-0.2, -0.15) is 0 Å². The second kappa shape index (κ2) is 8.89. The number of hydrogen-bond donors (Lipinski definition) is 0. The molecule has 0 aromatic heterocycles. The summed E-state index contributed by atoms with van der Waals surface area (Å²) in [6.07, 6.45) is 1.60. The molecule has 0 aliphatic carbocycles. The van der Waals surface area contributed by atoms with Gasteiger partial charge >= 0.3 is 0 Å². The summed E-state index contributed by atoms with van der Waals surface area (Å²) >= 11 is 0. The molecular formula is C22H26N2O4. The highest BCUT2D eigenvalue weighted by Crippen LogP contribution is 2.23. The van der Waals surface area contributed by atoms with Crippen LogP contribution in [0.4, 0.5) is 0 Å². The normalized spacial score (nSPS) is 13.2. The van der Waals surface area contributed by atoms with Gasteiger partial charge in [-0.1, -0.05) is 12.1 Å². The Morgan fingerprint density at radius 1 is 0.893 bits per heavy atom. The molecule has 3 rings (SSSR count). The standard InChI is InChI=1S/C22H26N2O4/c1-23(12-9-16-13-17(27-2)15-18(14-16)28-3)10-6-11-24-21(25)19-7-4-5-8-20(19)22(24)26/h4-5,7-8,13-15H,6,9-12H2,1-3H3. The van der Waals surface area contributed by atoms with Crippen molar-refractivity contribution in [3.8, 4) is 11.5 Å². The van der Waals surface area contributed by atoms with Crippen LogP contribution >= 0.6 is 0 Å². The van der Waals surface area contributed by atoms with Gasteiger partial charge in [0.25, 0.3) is 11.8 Å². The molecule has 1 aliphatic heterocycles. The fraction of sp³-hybridized carbons (Fsp3) is 0.364. The number of amides is 2. The van der Waals surface area contributed by atoms with Crippen molar-refractivity contribution in [1.29, 1.82) is 0 Å². The summed E-state index contributed by atoms with van der Waals surface area (Å²) < 4.78 is 10.6. The molecule has 1 aliphatic rings. The average molecular weight is 382 g/mol. The van der Waals surface area contributed by atoms with Crippen LogP contribution in [0.15, 0.2) is 42.5 Å². The van der Waals surface area contributed by atoms with Gasteiger partial charge in [0.2, 0.25) is 0 Å². The Labute approximate surface area is 165 Å². The monoisotopic (exact) mass is 382 g/mol. The highest BCUT2D eigenvalue weighted by molar-refractivity contribution is 6.21. The Bertz CT molecular complexity index is 808. The fourth-order valence-electron chi connectivity index (χ4n) is 3.38. The van der Waals surface area contributed by atoms with Gasteiger partial charge in [0.05, 0.1) is 25.3 Å². The number of carbonyl (C=O) groups excluding carboxylic acids is 2. The number of nitrogens with zero attached hydrogens (tertiary/aromatic N) is 2. The molecule has 0 saturated carbocycles. The number of benzene rings is 2. The summed E-state index contributed by atoms with van der Waals surface area (Å²) in [5.41, 5.74) is 2.16. The number of rotatable bonds is 9. The third kappa shape index (κ3) is 4.34. The maximum absolute atomic E-state index is 12.4. The minimum Gasteiger partial charge on any atom is -0.497 e. The van der Waals surface area contributed by atoms with E-state index in [9.17, 15) is 9.59 Å². The van der Waals surface area contributed by atoms with E-state index in [4.69, 9.17) is 9.47 Å². The van der Waals surface area contributed by atoms with Crippen LogP contribution in [0.2, 0.25) is 0 Å². The summed E-state index contributed by atoms with van der Waals surface area (Å²) in [5, 5.41) is 0. The van der Waals surface area contributed by atoms with Crippen molar-refractivity contribution in [3.05, 3.63) is 59.2 Å². The van der Waals surface area contributed by atoms with Crippen molar-refractivity contribution >= 4 is 11.8 Å². The first-order valence-corrected chi connectivity index (χ1v) is 9.39. The van der Waals surface area contributed by atoms with Gasteiger partial charge in [0.1, 0.15) is 11.5 Å². The molecule has 0 spiro atoms. The van der Waals surface area contributed by atoms with E-state index in [1.54, 1.807) is 38.5 Å². The lowest BCUT2D eigenvalue weighted by molar-refractivity contribution is 0.0648. The van der Waals surface area contributed by atoms with E-state index in [2.05, 4.69) is 4.90 Å².